The molecule has 2 aromatic heterocycles. The molecule has 0 fully saturated rings. The average Bonchev–Trinajstić information content (AvgIpc) is 3.57. The van der Waals surface area contributed by atoms with Crippen LogP contribution in [0.3, 0.4) is 0 Å². The Bertz CT molecular complexity index is 1160. The SMILES string of the molecule is CCCCOc1ccc(C2C(C(=O)c3cccs3)=C(O)C(=O)N2c2nccs2)cc1OCC. The molecule has 172 valence electrons. The third-order valence-corrected chi connectivity index (χ3v) is 6.80. The fourth-order valence-corrected chi connectivity index (χ4v) is 4.98. The highest BCUT2D eigenvalue weighted by Gasteiger charge is 2.46. The number of aliphatic hydroxyl groups is 1. The van der Waals surface area contributed by atoms with Crippen LogP contribution in [0.2, 0.25) is 0 Å². The van der Waals surface area contributed by atoms with Gasteiger partial charge in [-0.05, 0) is 42.5 Å². The number of nitrogens with zero attached hydrogens (tertiary/aromatic N) is 2. The van der Waals surface area contributed by atoms with Crippen molar-refractivity contribution in [3.05, 3.63) is 69.1 Å². The quantitative estimate of drug-likeness (QED) is 0.299. The van der Waals surface area contributed by atoms with E-state index in [-0.39, 0.29) is 11.4 Å². The number of hydrogen-bond donors (Lipinski definition) is 1. The van der Waals surface area contributed by atoms with Gasteiger partial charge in [-0.1, -0.05) is 25.5 Å². The van der Waals surface area contributed by atoms with Gasteiger partial charge >= 0.3 is 0 Å². The number of ether oxygens (including phenoxy) is 2. The van der Waals surface area contributed by atoms with Crippen molar-refractivity contribution in [2.24, 2.45) is 0 Å². The summed E-state index contributed by atoms with van der Waals surface area (Å²) in [6.07, 6.45) is 3.50. The lowest BCUT2D eigenvalue weighted by atomic mass is 9.95. The van der Waals surface area contributed by atoms with Crippen molar-refractivity contribution >= 4 is 39.5 Å². The largest absolute Gasteiger partial charge is 0.503 e. The van der Waals surface area contributed by atoms with Crippen molar-refractivity contribution in [3.63, 3.8) is 0 Å². The van der Waals surface area contributed by atoms with Crippen LogP contribution in [-0.2, 0) is 4.79 Å². The molecule has 1 aromatic carbocycles. The first-order chi connectivity index (χ1) is 16.1. The van der Waals surface area contributed by atoms with Crippen LogP contribution in [0, 0.1) is 0 Å². The van der Waals surface area contributed by atoms with Crippen molar-refractivity contribution in [3.8, 4) is 11.5 Å². The van der Waals surface area contributed by atoms with E-state index in [0.717, 1.165) is 12.8 Å². The third-order valence-electron chi connectivity index (χ3n) is 5.16. The minimum atomic E-state index is -0.845. The van der Waals surface area contributed by atoms with Crippen molar-refractivity contribution in [2.45, 2.75) is 32.7 Å². The van der Waals surface area contributed by atoms with Crippen LogP contribution in [-0.4, -0.2) is 35.0 Å². The predicted molar refractivity (Wildman–Crippen MR) is 129 cm³/mol. The first kappa shape index (κ1) is 23.0. The molecule has 7 nitrogen and oxygen atoms in total. The van der Waals surface area contributed by atoms with Gasteiger partial charge in [0.2, 0.25) is 5.78 Å². The van der Waals surface area contributed by atoms with Crippen LogP contribution in [0.15, 0.2) is 58.6 Å². The summed E-state index contributed by atoms with van der Waals surface area (Å²) in [5.74, 6) is -0.488. The van der Waals surface area contributed by atoms with E-state index in [2.05, 4.69) is 11.9 Å². The number of thiazole rings is 1. The second kappa shape index (κ2) is 10.2. The highest BCUT2D eigenvalue weighted by atomic mass is 32.1. The van der Waals surface area contributed by atoms with Gasteiger partial charge in [-0.25, -0.2) is 4.98 Å². The number of hydrogen-bond acceptors (Lipinski definition) is 8. The van der Waals surface area contributed by atoms with Gasteiger partial charge in [0.05, 0.1) is 29.7 Å². The zero-order valence-corrected chi connectivity index (χ0v) is 19.9. The lowest BCUT2D eigenvalue weighted by molar-refractivity contribution is -0.117. The minimum absolute atomic E-state index is 0.0275. The Morgan fingerprint density at radius 2 is 2.00 bits per heavy atom. The van der Waals surface area contributed by atoms with E-state index in [1.807, 2.05) is 6.92 Å². The molecule has 0 radical (unpaired) electrons. The highest BCUT2D eigenvalue weighted by Crippen LogP contribution is 2.44. The normalized spacial score (nSPS) is 15.9. The summed E-state index contributed by atoms with van der Waals surface area (Å²) in [5.41, 5.74) is 0.647. The van der Waals surface area contributed by atoms with E-state index >= 15 is 0 Å². The fourth-order valence-electron chi connectivity index (χ4n) is 3.63. The average molecular weight is 485 g/mol. The molecular weight excluding hydrogens is 460 g/mol. The molecular formula is C24H24N2O5S2. The third kappa shape index (κ3) is 4.51. The number of carbonyl (C=O) groups excluding carboxylic acids is 2. The van der Waals surface area contributed by atoms with Crippen LogP contribution in [0.4, 0.5) is 5.13 Å². The number of anilines is 1. The molecule has 0 aliphatic carbocycles. The molecule has 1 amide bonds. The number of Topliss-reactive ketones (excluding diaryl/α,β-unsaturated/α-hetero) is 1. The first-order valence-corrected chi connectivity index (χ1v) is 12.5. The standard InChI is InChI=1S/C24H24N2O5S2/c1-3-5-11-31-16-9-8-15(14-17(16)30-4-2)20-19(21(27)18-7-6-12-32-18)22(28)23(29)26(20)24-25-10-13-33-24/h6-10,12-14,20,28H,3-5,11H2,1-2H3. The smallest absolute Gasteiger partial charge is 0.296 e. The zero-order chi connectivity index (χ0) is 23.4. The van der Waals surface area contributed by atoms with Gasteiger partial charge in [0.15, 0.2) is 22.4 Å². The van der Waals surface area contributed by atoms with Crippen LogP contribution >= 0.6 is 22.7 Å². The molecule has 1 aliphatic rings. The molecule has 0 spiro atoms. The summed E-state index contributed by atoms with van der Waals surface area (Å²) in [5, 5.41) is 14.7. The Morgan fingerprint density at radius 1 is 1.15 bits per heavy atom. The Morgan fingerprint density at radius 3 is 2.67 bits per heavy atom. The molecule has 0 bridgehead atoms. The Labute approximate surface area is 199 Å². The molecule has 3 heterocycles. The number of carbonyl (C=O) groups is 2. The van der Waals surface area contributed by atoms with Crippen molar-refractivity contribution in [1.82, 2.24) is 4.98 Å². The van der Waals surface area contributed by atoms with Gasteiger partial charge in [0.1, 0.15) is 0 Å². The number of aliphatic hydroxyl groups excluding tert-OH is 1. The Hall–Kier alpha value is -3.17. The van der Waals surface area contributed by atoms with E-state index in [9.17, 15) is 14.7 Å². The van der Waals surface area contributed by atoms with Crippen molar-refractivity contribution < 1.29 is 24.2 Å². The van der Waals surface area contributed by atoms with Gasteiger partial charge in [0.25, 0.3) is 5.91 Å². The van der Waals surface area contributed by atoms with Crippen LogP contribution in [0.25, 0.3) is 0 Å². The summed E-state index contributed by atoms with van der Waals surface area (Å²) >= 11 is 2.52. The number of rotatable bonds is 10. The second-order valence-electron chi connectivity index (χ2n) is 7.30. The summed E-state index contributed by atoms with van der Waals surface area (Å²) in [7, 11) is 0. The monoisotopic (exact) mass is 484 g/mol. The number of amides is 1. The maximum absolute atomic E-state index is 13.4. The molecule has 1 aliphatic heterocycles. The van der Waals surface area contributed by atoms with Crippen molar-refractivity contribution in [1.29, 1.82) is 0 Å². The van der Waals surface area contributed by atoms with E-state index in [4.69, 9.17) is 9.47 Å². The molecule has 4 rings (SSSR count). The summed E-state index contributed by atoms with van der Waals surface area (Å²) in [6, 6.07) is 7.93. The van der Waals surface area contributed by atoms with Crippen LogP contribution < -0.4 is 14.4 Å². The second-order valence-corrected chi connectivity index (χ2v) is 9.12. The van der Waals surface area contributed by atoms with Gasteiger partial charge in [-0.3, -0.25) is 14.5 Å². The number of benzene rings is 1. The zero-order valence-electron chi connectivity index (χ0n) is 18.3. The van der Waals surface area contributed by atoms with E-state index in [1.54, 1.807) is 47.3 Å². The predicted octanol–water partition coefficient (Wildman–Crippen LogP) is 5.57. The van der Waals surface area contributed by atoms with Gasteiger partial charge < -0.3 is 14.6 Å². The van der Waals surface area contributed by atoms with Crippen LogP contribution in [0.5, 0.6) is 11.5 Å². The Balaban J connectivity index is 1.80. The number of ketones is 1. The minimum Gasteiger partial charge on any atom is -0.503 e. The summed E-state index contributed by atoms with van der Waals surface area (Å²) in [4.78, 5) is 32.5. The van der Waals surface area contributed by atoms with Gasteiger partial charge in [0, 0.05) is 11.6 Å². The molecule has 3 aromatic rings. The number of aromatic nitrogens is 1. The molecule has 0 saturated heterocycles. The van der Waals surface area contributed by atoms with Gasteiger partial charge in [-0.2, -0.15) is 0 Å². The van der Waals surface area contributed by atoms with E-state index in [0.29, 0.717) is 40.3 Å². The highest BCUT2D eigenvalue weighted by molar-refractivity contribution is 7.14. The first-order valence-electron chi connectivity index (χ1n) is 10.7. The maximum atomic E-state index is 13.4. The fraction of sp³-hybridized carbons (Fsp3) is 0.292. The molecule has 1 N–H and O–H groups in total. The number of unbranched alkanes of at least 4 members (excludes halogenated alkanes) is 1. The topological polar surface area (TPSA) is 89.0 Å². The molecule has 0 saturated carbocycles. The lowest BCUT2D eigenvalue weighted by Gasteiger charge is -2.25. The summed E-state index contributed by atoms with van der Waals surface area (Å²) < 4.78 is 11.7. The Kier molecular flexibility index (Phi) is 7.10. The summed E-state index contributed by atoms with van der Waals surface area (Å²) in [6.45, 7) is 4.95. The molecule has 9 heteroatoms. The van der Waals surface area contributed by atoms with E-state index in [1.165, 1.54) is 27.6 Å². The number of thiophene rings is 1. The maximum Gasteiger partial charge on any atom is 0.296 e. The van der Waals surface area contributed by atoms with Crippen LogP contribution in [0.1, 0.15) is 48.0 Å². The van der Waals surface area contributed by atoms with E-state index < -0.39 is 17.7 Å². The molecule has 33 heavy (non-hydrogen) atoms. The molecule has 1 atom stereocenters. The van der Waals surface area contributed by atoms with Crippen molar-refractivity contribution in [2.75, 3.05) is 18.1 Å². The molecule has 1 unspecified atom stereocenters. The lowest BCUT2D eigenvalue weighted by Crippen LogP contribution is -2.31. The van der Waals surface area contributed by atoms with Gasteiger partial charge in [-0.15, -0.1) is 22.7 Å².